The lowest BCUT2D eigenvalue weighted by atomic mass is 9.91. The predicted molar refractivity (Wildman–Crippen MR) is 64.5 cm³/mol. The van der Waals surface area contributed by atoms with Gasteiger partial charge in [0.25, 0.3) is 0 Å². The normalized spacial score (nSPS) is 17.1. The first-order valence-corrected chi connectivity index (χ1v) is 5.76. The monoisotopic (exact) mass is 326 g/mol. The average Bonchev–Trinajstić information content (AvgIpc) is 2.25. The summed E-state index contributed by atoms with van der Waals surface area (Å²) in [6.07, 6.45) is 0.647. The van der Waals surface area contributed by atoms with E-state index in [9.17, 15) is 14.7 Å². The van der Waals surface area contributed by atoms with Crippen LogP contribution in [0.1, 0.15) is 13.8 Å². The molecule has 0 bridgehead atoms. The summed E-state index contributed by atoms with van der Waals surface area (Å²) in [5, 5.41) is 9.53. The van der Waals surface area contributed by atoms with Gasteiger partial charge in [0, 0.05) is 5.92 Å². The fourth-order valence-electron chi connectivity index (χ4n) is 1.10. The van der Waals surface area contributed by atoms with Crippen LogP contribution in [0.2, 0.25) is 0 Å². The Morgan fingerprint density at radius 1 is 1.40 bits per heavy atom. The summed E-state index contributed by atoms with van der Waals surface area (Å²) in [6, 6.07) is 0. The Morgan fingerprint density at radius 2 is 1.93 bits per heavy atom. The summed E-state index contributed by atoms with van der Waals surface area (Å²) in [5.74, 6) is -2.33. The number of halogens is 1. The molecule has 15 heavy (non-hydrogen) atoms. The number of ketones is 1. The number of carbonyl (C=O) groups excluding carboxylic acids is 2. The van der Waals surface area contributed by atoms with Gasteiger partial charge in [0.1, 0.15) is 5.92 Å². The zero-order chi connectivity index (χ0) is 12.0. The molecule has 3 unspecified atom stereocenters. The van der Waals surface area contributed by atoms with Gasteiger partial charge in [-0.2, -0.15) is 0 Å². The van der Waals surface area contributed by atoms with Gasteiger partial charge in [-0.05, 0) is 17.1 Å². The minimum absolute atomic E-state index is 0.316. The second kappa shape index (κ2) is 6.95. The molecular formula is C10H15IO4. The van der Waals surface area contributed by atoms with E-state index in [2.05, 4.69) is 4.74 Å². The molecule has 0 aromatic carbocycles. The third-order valence-corrected chi connectivity index (χ3v) is 2.63. The molecule has 0 aliphatic heterocycles. The van der Waals surface area contributed by atoms with Crippen LogP contribution in [-0.2, 0) is 14.3 Å². The maximum atomic E-state index is 11.7. The van der Waals surface area contributed by atoms with Gasteiger partial charge < -0.3 is 9.84 Å². The van der Waals surface area contributed by atoms with E-state index in [-0.39, 0.29) is 5.78 Å². The molecule has 0 spiro atoms. The second-order valence-corrected chi connectivity index (χ2v) is 3.96. The first-order valence-electron chi connectivity index (χ1n) is 4.52. The van der Waals surface area contributed by atoms with Crippen LogP contribution in [-0.4, -0.2) is 30.1 Å². The van der Waals surface area contributed by atoms with Crippen molar-refractivity contribution < 1.29 is 19.4 Å². The topological polar surface area (TPSA) is 63.6 Å². The summed E-state index contributed by atoms with van der Waals surface area (Å²) in [7, 11) is 1.23. The number of rotatable bonds is 5. The number of Topliss-reactive ketones (excluding diaryl/α,β-unsaturated/α-hetero) is 1. The number of hydrogen-bond donors (Lipinski definition) is 1. The van der Waals surface area contributed by atoms with E-state index in [1.54, 1.807) is 11.0 Å². The zero-order valence-corrected chi connectivity index (χ0v) is 11.1. The molecule has 4 nitrogen and oxygen atoms in total. The van der Waals surface area contributed by atoms with Gasteiger partial charge in [0.05, 0.1) is 13.2 Å². The summed E-state index contributed by atoms with van der Waals surface area (Å²) >= 11 is 1.95. The van der Waals surface area contributed by atoms with Crippen LogP contribution in [0.25, 0.3) is 0 Å². The van der Waals surface area contributed by atoms with E-state index >= 15 is 0 Å². The molecule has 0 aromatic rings. The molecule has 86 valence electrons. The molecule has 5 heteroatoms. The highest BCUT2D eigenvalue weighted by Crippen LogP contribution is 2.14. The van der Waals surface area contributed by atoms with Gasteiger partial charge in [-0.1, -0.05) is 29.5 Å². The molecule has 0 amide bonds. The number of aliphatic hydroxyl groups excluding tert-OH is 1. The minimum Gasteiger partial charge on any atom is -0.468 e. The number of carbonyl (C=O) groups is 2. The fraction of sp³-hybridized carbons (Fsp3) is 0.600. The highest BCUT2D eigenvalue weighted by Gasteiger charge is 2.29. The Bertz CT molecular complexity index is 262. The summed E-state index contributed by atoms with van der Waals surface area (Å²) in [6.45, 7) is 3.06. The van der Waals surface area contributed by atoms with Gasteiger partial charge in [-0.3, -0.25) is 9.59 Å². The van der Waals surface area contributed by atoms with Crippen LogP contribution in [0.5, 0.6) is 0 Å². The highest BCUT2D eigenvalue weighted by atomic mass is 127. The van der Waals surface area contributed by atoms with E-state index < -0.39 is 23.9 Å². The molecule has 0 heterocycles. The van der Waals surface area contributed by atoms with Gasteiger partial charge in [0.15, 0.2) is 5.78 Å². The van der Waals surface area contributed by atoms with Gasteiger partial charge >= 0.3 is 5.97 Å². The van der Waals surface area contributed by atoms with Gasteiger partial charge in [-0.25, -0.2) is 0 Å². The minimum atomic E-state index is -0.860. The van der Waals surface area contributed by atoms with Crippen molar-refractivity contribution in [1.82, 2.24) is 0 Å². The maximum absolute atomic E-state index is 11.7. The molecule has 0 saturated heterocycles. The van der Waals surface area contributed by atoms with Crippen molar-refractivity contribution >= 4 is 34.3 Å². The Balaban J connectivity index is 4.50. The van der Waals surface area contributed by atoms with Gasteiger partial charge in [-0.15, -0.1) is 0 Å². The van der Waals surface area contributed by atoms with Crippen LogP contribution in [0.15, 0.2) is 10.2 Å². The number of esters is 1. The second-order valence-electron chi connectivity index (χ2n) is 3.24. The molecular weight excluding hydrogens is 311 g/mol. The van der Waals surface area contributed by atoms with Crippen LogP contribution in [0.3, 0.4) is 0 Å². The molecule has 0 fully saturated rings. The molecule has 0 radical (unpaired) electrons. The van der Waals surface area contributed by atoms with E-state index in [0.717, 1.165) is 0 Å². The molecule has 1 N–H and O–H groups in total. The Hall–Kier alpha value is -0.430. The van der Waals surface area contributed by atoms with Crippen molar-refractivity contribution in [1.29, 1.82) is 0 Å². The van der Waals surface area contributed by atoms with Crippen molar-refractivity contribution in [3.8, 4) is 0 Å². The molecule has 3 atom stereocenters. The highest BCUT2D eigenvalue weighted by molar-refractivity contribution is 14.1. The zero-order valence-electron chi connectivity index (χ0n) is 8.94. The molecule has 0 aliphatic carbocycles. The summed E-state index contributed by atoms with van der Waals surface area (Å²) in [5.41, 5.74) is 0. The summed E-state index contributed by atoms with van der Waals surface area (Å²) < 4.78 is 6.10. The van der Waals surface area contributed by atoms with Crippen LogP contribution < -0.4 is 0 Å². The molecule has 0 rings (SSSR count). The largest absolute Gasteiger partial charge is 0.468 e. The smallest absolute Gasteiger partial charge is 0.315 e. The lowest BCUT2D eigenvalue weighted by Crippen LogP contribution is -2.32. The lowest BCUT2D eigenvalue weighted by Gasteiger charge is -2.17. The third kappa shape index (κ3) is 4.29. The van der Waals surface area contributed by atoms with Crippen molar-refractivity contribution in [2.45, 2.75) is 20.0 Å². The van der Waals surface area contributed by atoms with Crippen molar-refractivity contribution in [2.75, 3.05) is 7.11 Å². The Labute approximate surface area is 103 Å². The quantitative estimate of drug-likeness (QED) is 0.470. The first-order chi connectivity index (χ1) is 6.95. The average molecular weight is 326 g/mol. The van der Waals surface area contributed by atoms with Crippen molar-refractivity contribution in [3.05, 3.63) is 10.2 Å². The summed E-state index contributed by atoms with van der Waals surface area (Å²) in [4.78, 5) is 22.8. The molecule has 0 aliphatic rings. The van der Waals surface area contributed by atoms with Crippen molar-refractivity contribution in [3.63, 3.8) is 0 Å². The third-order valence-electron chi connectivity index (χ3n) is 2.21. The van der Waals surface area contributed by atoms with E-state index in [4.69, 9.17) is 0 Å². The predicted octanol–water partition coefficient (Wildman–Crippen LogP) is 1.31. The molecule has 0 saturated carbocycles. The maximum Gasteiger partial charge on any atom is 0.315 e. The number of hydrogen-bond acceptors (Lipinski definition) is 4. The van der Waals surface area contributed by atoms with Crippen LogP contribution in [0, 0.1) is 11.8 Å². The van der Waals surface area contributed by atoms with Crippen molar-refractivity contribution in [2.24, 2.45) is 11.8 Å². The first kappa shape index (κ1) is 14.6. The SMILES string of the molecule is COC(=O)C(C)C(=O)C(C)C(O)/C=C/I. The number of aliphatic hydroxyl groups is 1. The van der Waals surface area contributed by atoms with Gasteiger partial charge in [0.2, 0.25) is 0 Å². The lowest BCUT2D eigenvalue weighted by molar-refractivity contribution is -0.150. The van der Waals surface area contributed by atoms with E-state index in [0.29, 0.717) is 0 Å². The van der Waals surface area contributed by atoms with E-state index in [1.807, 2.05) is 22.6 Å². The number of methoxy groups -OCH3 is 1. The van der Waals surface area contributed by atoms with Crippen LogP contribution >= 0.6 is 22.6 Å². The van der Waals surface area contributed by atoms with Crippen LogP contribution in [0.4, 0.5) is 0 Å². The Kier molecular flexibility index (Phi) is 6.75. The number of ether oxygens (including phenoxy) is 1. The Morgan fingerprint density at radius 3 is 2.33 bits per heavy atom. The standard InChI is InChI=1S/C10H15IO4/c1-6(8(12)4-5-11)9(13)7(2)10(14)15-3/h4-8,12H,1-3H3/b5-4+. The van der Waals surface area contributed by atoms with E-state index in [1.165, 1.54) is 20.1 Å². The fourth-order valence-corrected chi connectivity index (χ4v) is 1.52. The molecule has 0 aromatic heterocycles.